The molecule has 0 amide bonds. The third kappa shape index (κ3) is 4.21. The van der Waals surface area contributed by atoms with Crippen LogP contribution in [0.25, 0.3) is 0 Å². The van der Waals surface area contributed by atoms with Gasteiger partial charge in [0, 0.05) is 25.2 Å². The zero-order valence-corrected chi connectivity index (χ0v) is 10.2. The second-order valence-electron chi connectivity index (χ2n) is 3.48. The Morgan fingerprint density at radius 2 is 2.19 bits per heavy atom. The Morgan fingerprint density at radius 3 is 2.81 bits per heavy atom. The molecule has 1 aromatic rings. The molecule has 88 valence electrons. The monoisotopic (exact) mass is 242 g/mol. The number of hydrogen-bond acceptors (Lipinski definition) is 3. The minimum absolute atomic E-state index is 0.248. The van der Waals surface area contributed by atoms with Gasteiger partial charge in [0.2, 0.25) is 0 Å². The molecule has 4 heteroatoms. The Bertz CT molecular complexity index is 363. The molecule has 0 N–H and O–H groups in total. The molecule has 0 unspecified atom stereocenters. The van der Waals surface area contributed by atoms with Gasteiger partial charge in [-0.05, 0) is 37.1 Å². The highest BCUT2D eigenvalue weighted by molar-refractivity contribution is 6.30. The lowest BCUT2D eigenvalue weighted by Crippen LogP contribution is -2.09. The maximum atomic E-state index is 11.4. The quantitative estimate of drug-likeness (QED) is 0.452. The number of benzene rings is 1. The van der Waals surface area contributed by atoms with Crippen LogP contribution in [0.3, 0.4) is 0 Å². The van der Waals surface area contributed by atoms with E-state index in [-0.39, 0.29) is 5.97 Å². The van der Waals surface area contributed by atoms with Crippen molar-refractivity contribution in [2.45, 2.75) is 19.8 Å². The largest absolute Gasteiger partial charge is 0.426 e. The van der Waals surface area contributed by atoms with Crippen LogP contribution in [-0.4, -0.2) is 19.7 Å². The van der Waals surface area contributed by atoms with Crippen LogP contribution in [0, 0.1) is 6.92 Å². The Kier molecular flexibility index (Phi) is 5.29. The molecule has 1 rings (SSSR count). The van der Waals surface area contributed by atoms with Crippen molar-refractivity contribution in [3.63, 3.8) is 0 Å². The summed E-state index contributed by atoms with van der Waals surface area (Å²) in [5.74, 6) is 0.314. The minimum Gasteiger partial charge on any atom is -0.426 e. The lowest BCUT2D eigenvalue weighted by Gasteiger charge is -2.07. The van der Waals surface area contributed by atoms with E-state index < -0.39 is 0 Å². The van der Waals surface area contributed by atoms with Gasteiger partial charge in [0.05, 0.1) is 0 Å². The summed E-state index contributed by atoms with van der Waals surface area (Å²) in [6.45, 7) is 2.42. The Hall–Kier alpha value is -1.06. The van der Waals surface area contributed by atoms with Crippen molar-refractivity contribution < 1.29 is 14.3 Å². The van der Waals surface area contributed by atoms with E-state index in [0.29, 0.717) is 30.2 Å². The molecule has 3 nitrogen and oxygen atoms in total. The lowest BCUT2D eigenvalue weighted by atomic mass is 10.2. The number of carbonyl (C=O) groups excluding carboxylic acids is 1. The fourth-order valence-electron chi connectivity index (χ4n) is 1.26. The molecule has 0 aliphatic heterocycles. The zero-order chi connectivity index (χ0) is 12.0. The summed E-state index contributed by atoms with van der Waals surface area (Å²) in [6, 6.07) is 5.16. The Labute approximate surface area is 100 Å². The van der Waals surface area contributed by atoms with Crippen molar-refractivity contribution >= 4 is 17.6 Å². The molecule has 0 bridgehead atoms. The first-order valence-electron chi connectivity index (χ1n) is 5.09. The van der Waals surface area contributed by atoms with E-state index in [2.05, 4.69) is 0 Å². The molecule has 0 atom stereocenters. The summed E-state index contributed by atoms with van der Waals surface area (Å²) in [7, 11) is 1.61. The van der Waals surface area contributed by atoms with Gasteiger partial charge < -0.3 is 9.47 Å². The van der Waals surface area contributed by atoms with E-state index >= 15 is 0 Å². The van der Waals surface area contributed by atoms with Crippen molar-refractivity contribution in [1.29, 1.82) is 0 Å². The highest BCUT2D eigenvalue weighted by Gasteiger charge is 2.07. The van der Waals surface area contributed by atoms with Crippen LogP contribution in [-0.2, 0) is 9.53 Å². The third-order valence-corrected chi connectivity index (χ3v) is 2.33. The van der Waals surface area contributed by atoms with Gasteiger partial charge in [0.25, 0.3) is 0 Å². The van der Waals surface area contributed by atoms with E-state index in [1.165, 1.54) is 0 Å². The molecule has 1 aromatic carbocycles. The van der Waals surface area contributed by atoms with Crippen molar-refractivity contribution in [1.82, 2.24) is 0 Å². The SMILES string of the molecule is COCCCC(=O)Oc1ccc(Cl)cc1C. The van der Waals surface area contributed by atoms with Gasteiger partial charge in [0.15, 0.2) is 0 Å². The Morgan fingerprint density at radius 1 is 1.44 bits per heavy atom. The molecule has 0 fully saturated rings. The van der Waals surface area contributed by atoms with Crippen molar-refractivity contribution in [2.75, 3.05) is 13.7 Å². The highest BCUT2D eigenvalue weighted by atomic mass is 35.5. The number of halogens is 1. The standard InChI is InChI=1S/C12H15ClO3/c1-9-8-10(13)5-6-11(9)16-12(14)4-3-7-15-2/h5-6,8H,3-4,7H2,1-2H3. The third-order valence-electron chi connectivity index (χ3n) is 2.09. The van der Waals surface area contributed by atoms with E-state index in [9.17, 15) is 4.79 Å². The molecule has 16 heavy (non-hydrogen) atoms. The van der Waals surface area contributed by atoms with Crippen LogP contribution in [0.1, 0.15) is 18.4 Å². The summed E-state index contributed by atoms with van der Waals surface area (Å²) in [5.41, 5.74) is 0.854. The topological polar surface area (TPSA) is 35.5 Å². The summed E-state index contributed by atoms with van der Waals surface area (Å²) in [6.07, 6.45) is 1.03. The molecule has 0 aliphatic rings. The number of esters is 1. The first kappa shape index (κ1) is 13.0. The highest BCUT2D eigenvalue weighted by Crippen LogP contribution is 2.22. The van der Waals surface area contributed by atoms with Gasteiger partial charge >= 0.3 is 5.97 Å². The van der Waals surface area contributed by atoms with Gasteiger partial charge in [0.1, 0.15) is 5.75 Å². The second-order valence-corrected chi connectivity index (χ2v) is 3.92. The van der Waals surface area contributed by atoms with Crippen molar-refractivity contribution in [2.24, 2.45) is 0 Å². The smallest absolute Gasteiger partial charge is 0.311 e. The van der Waals surface area contributed by atoms with Gasteiger partial charge in [-0.1, -0.05) is 11.6 Å². The van der Waals surface area contributed by atoms with Gasteiger partial charge in [-0.25, -0.2) is 0 Å². The first-order chi connectivity index (χ1) is 7.63. The van der Waals surface area contributed by atoms with Crippen molar-refractivity contribution in [3.05, 3.63) is 28.8 Å². The van der Waals surface area contributed by atoms with Gasteiger partial charge in [-0.3, -0.25) is 4.79 Å². The lowest BCUT2D eigenvalue weighted by molar-refractivity contribution is -0.134. The van der Waals surface area contributed by atoms with Crippen molar-refractivity contribution in [3.8, 4) is 5.75 Å². The number of carbonyl (C=O) groups is 1. The normalized spacial score (nSPS) is 10.2. The Balaban J connectivity index is 2.49. The van der Waals surface area contributed by atoms with Crippen LogP contribution < -0.4 is 4.74 Å². The van der Waals surface area contributed by atoms with Gasteiger partial charge in [-0.15, -0.1) is 0 Å². The molecule has 0 spiro atoms. The maximum Gasteiger partial charge on any atom is 0.311 e. The maximum absolute atomic E-state index is 11.4. The molecule has 0 aliphatic carbocycles. The molecule has 0 heterocycles. The van der Waals surface area contributed by atoms with Crippen LogP contribution in [0.5, 0.6) is 5.75 Å². The predicted octanol–water partition coefficient (Wildman–Crippen LogP) is 2.98. The molecule has 0 saturated carbocycles. The molecular weight excluding hydrogens is 228 g/mol. The molecular formula is C12H15ClO3. The summed E-state index contributed by atoms with van der Waals surface area (Å²) in [5, 5.41) is 0.636. The predicted molar refractivity (Wildman–Crippen MR) is 62.9 cm³/mol. The van der Waals surface area contributed by atoms with Gasteiger partial charge in [-0.2, -0.15) is 0 Å². The van der Waals surface area contributed by atoms with Crippen LogP contribution in [0.15, 0.2) is 18.2 Å². The van der Waals surface area contributed by atoms with E-state index in [1.54, 1.807) is 25.3 Å². The second kappa shape index (κ2) is 6.51. The average molecular weight is 243 g/mol. The van der Waals surface area contributed by atoms with E-state index in [1.807, 2.05) is 6.92 Å². The van der Waals surface area contributed by atoms with Crippen LogP contribution in [0.2, 0.25) is 5.02 Å². The summed E-state index contributed by atoms with van der Waals surface area (Å²) >= 11 is 5.80. The number of ether oxygens (including phenoxy) is 2. The van der Waals surface area contributed by atoms with Crippen LogP contribution >= 0.6 is 11.6 Å². The number of rotatable bonds is 5. The number of aryl methyl sites for hydroxylation is 1. The average Bonchev–Trinajstić information content (AvgIpc) is 2.23. The zero-order valence-electron chi connectivity index (χ0n) is 9.46. The fraction of sp³-hybridized carbons (Fsp3) is 0.417. The minimum atomic E-state index is -0.248. The van der Waals surface area contributed by atoms with Crippen LogP contribution in [0.4, 0.5) is 0 Å². The molecule has 0 radical (unpaired) electrons. The number of hydrogen-bond donors (Lipinski definition) is 0. The summed E-state index contributed by atoms with van der Waals surface area (Å²) in [4.78, 5) is 11.4. The van der Waals surface area contributed by atoms with E-state index in [4.69, 9.17) is 21.1 Å². The van der Waals surface area contributed by atoms with E-state index in [0.717, 1.165) is 5.56 Å². The summed E-state index contributed by atoms with van der Waals surface area (Å²) < 4.78 is 10.1. The molecule has 0 aromatic heterocycles. The molecule has 0 saturated heterocycles. The number of methoxy groups -OCH3 is 1. The fourth-order valence-corrected chi connectivity index (χ4v) is 1.49. The first-order valence-corrected chi connectivity index (χ1v) is 5.47.